The van der Waals surface area contributed by atoms with Crippen LogP contribution >= 0.6 is 0 Å². The first-order valence-corrected chi connectivity index (χ1v) is 8.77. The van der Waals surface area contributed by atoms with Crippen molar-refractivity contribution in [2.75, 3.05) is 0 Å². The summed E-state index contributed by atoms with van der Waals surface area (Å²) in [6.45, 7) is 17.2. The van der Waals surface area contributed by atoms with Gasteiger partial charge in [0.1, 0.15) is 0 Å². The zero-order chi connectivity index (χ0) is 16.7. The molecule has 0 aromatic heterocycles. The van der Waals surface area contributed by atoms with Crippen LogP contribution in [0.5, 0.6) is 0 Å². The molecule has 0 amide bonds. The van der Waals surface area contributed by atoms with Gasteiger partial charge in [0.2, 0.25) is 0 Å². The third-order valence-corrected chi connectivity index (χ3v) is 3.47. The van der Waals surface area contributed by atoms with Crippen molar-refractivity contribution in [3.8, 4) is 0 Å². The van der Waals surface area contributed by atoms with Crippen molar-refractivity contribution in [2.45, 2.75) is 81.1 Å². The minimum absolute atomic E-state index is 0.594. The molecular weight excluding hydrogens is 252 g/mol. The zero-order valence-electron chi connectivity index (χ0n) is 15.8. The molecule has 0 radical (unpaired) electrons. The van der Waals surface area contributed by atoms with Crippen molar-refractivity contribution >= 4 is 0 Å². The summed E-state index contributed by atoms with van der Waals surface area (Å²) in [5.74, 6) is 0.594. The van der Waals surface area contributed by atoms with Gasteiger partial charge < -0.3 is 0 Å². The maximum absolute atomic E-state index is 2.35. The maximum Gasteiger partial charge on any atom is -0.0151 e. The molecule has 0 heterocycles. The summed E-state index contributed by atoms with van der Waals surface area (Å²) in [5, 5.41) is 0. The first-order chi connectivity index (χ1) is 10.1. The van der Waals surface area contributed by atoms with Gasteiger partial charge in [-0.25, -0.2) is 0 Å². The Hall–Kier alpha value is -1.04. The minimum Gasteiger partial charge on any atom is -0.0874 e. The summed E-state index contributed by atoms with van der Waals surface area (Å²) in [7, 11) is 0. The average molecular weight is 291 g/mol. The molecule has 0 fully saturated rings. The van der Waals surface area contributed by atoms with E-state index in [9.17, 15) is 0 Å². The Morgan fingerprint density at radius 3 is 2.00 bits per heavy atom. The molecule has 0 N–H and O–H groups in total. The Morgan fingerprint density at radius 2 is 1.62 bits per heavy atom. The summed E-state index contributed by atoms with van der Waals surface area (Å²) >= 11 is 0. The van der Waals surface area contributed by atoms with Crippen LogP contribution in [0.1, 0.15) is 81.1 Å². The predicted octanol–water partition coefficient (Wildman–Crippen LogP) is 7.64. The molecule has 0 rings (SSSR count). The first kappa shape index (κ1) is 22.2. The molecule has 0 bridgehead atoms. The van der Waals surface area contributed by atoms with Crippen LogP contribution < -0.4 is 0 Å². The van der Waals surface area contributed by atoms with Crippen molar-refractivity contribution in [2.24, 2.45) is 5.92 Å². The fourth-order valence-electron chi connectivity index (χ4n) is 2.67. The van der Waals surface area contributed by atoms with Gasteiger partial charge in [0, 0.05) is 0 Å². The van der Waals surface area contributed by atoms with Crippen molar-refractivity contribution in [3.05, 3.63) is 47.1 Å². The van der Waals surface area contributed by atoms with Gasteiger partial charge in [-0.05, 0) is 57.1 Å². The van der Waals surface area contributed by atoms with E-state index in [0.29, 0.717) is 5.92 Å². The summed E-state index contributed by atoms with van der Waals surface area (Å²) in [4.78, 5) is 0. The maximum atomic E-state index is 2.35. The second-order valence-electron chi connectivity index (χ2n) is 5.10. The predicted molar refractivity (Wildman–Crippen MR) is 101 cm³/mol. The molecule has 1 unspecified atom stereocenters. The molecule has 0 heteroatoms. The SMILES string of the molecule is C/C=C\C(=C/CC)CC(C)C(=C/C)/C(=C\C)CCC.CC. The quantitative estimate of drug-likeness (QED) is 0.403. The van der Waals surface area contributed by atoms with E-state index in [1.165, 1.54) is 29.6 Å². The second kappa shape index (κ2) is 15.4. The largest absolute Gasteiger partial charge is 0.0874 e. The van der Waals surface area contributed by atoms with E-state index in [-0.39, 0.29) is 0 Å². The minimum atomic E-state index is 0.594. The molecule has 0 aromatic carbocycles. The average Bonchev–Trinajstić information content (AvgIpc) is 2.49. The van der Waals surface area contributed by atoms with E-state index < -0.39 is 0 Å². The van der Waals surface area contributed by atoms with Crippen LogP contribution in [0.3, 0.4) is 0 Å². The van der Waals surface area contributed by atoms with Gasteiger partial charge in [-0.1, -0.05) is 77.0 Å². The van der Waals surface area contributed by atoms with Gasteiger partial charge in [0.05, 0.1) is 0 Å². The van der Waals surface area contributed by atoms with E-state index in [2.05, 4.69) is 71.9 Å². The standard InChI is InChI=1S/C19H32.C2H6/c1-7-12-17(13-8-2)15-16(6)19(11-5)18(10-4)14-9-3;1-2/h7,10-13,16H,8-9,14-15H2,1-6H3;1-2H3/b12-7-,17-13+,18-10-,19-11-;. The summed E-state index contributed by atoms with van der Waals surface area (Å²) in [6, 6.07) is 0. The lowest BCUT2D eigenvalue weighted by Crippen LogP contribution is -2.04. The highest BCUT2D eigenvalue weighted by Gasteiger charge is 2.12. The summed E-state index contributed by atoms with van der Waals surface area (Å²) in [5.41, 5.74) is 4.51. The molecule has 0 aliphatic rings. The Kier molecular flexibility index (Phi) is 16.3. The van der Waals surface area contributed by atoms with Gasteiger partial charge in [0.25, 0.3) is 0 Å². The highest BCUT2D eigenvalue weighted by Crippen LogP contribution is 2.28. The lowest BCUT2D eigenvalue weighted by Gasteiger charge is -2.19. The van der Waals surface area contributed by atoms with Crippen molar-refractivity contribution in [1.29, 1.82) is 0 Å². The summed E-state index contributed by atoms with van der Waals surface area (Å²) < 4.78 is 0. The number of hydrogen-bond acceptors (Lipinski definition) is 0. The lowest BCUT2D eigenvalue weighted by molar-refractivity contribution is 0.672. The van der Waals surface area contributed by atoms with Crippen molar-refractivity contribution in [3.63, 3.8) is 0 Å². The lowest BCUT2D eigenvalue weighted by atomic mass is 9.86. The normalized spacial score (nSPS) is 15.0. The molecule has 0 saturated carbocycles. The molecule has 0 nitrogen and oxygen atoms in total. The molecule has 0 aliphatic carbocycles. The third kappa shape index (κ3) is 9.50. The van der Waals surface area contributed by atoms with Crippen LogP contribution in [0.25, 0.3) is 0 Å². The van der Waals surface area contributed by atoms with Gasteiger partial charge in [-0.15, -0.1) is 0 Å². The van der Waals surface area contributed by atoms with Gasteiger partial charge in [0.15, 0.2) is 0 Å². The van der Waals surface area contributed by atoms with E-state index in [1.54, 1.807) is 0 Å². The Labute approximate surface area is 134 Å². The molecule has 1 atom stereocenters. The van der Waals surface area contributed by atoms with E-state index in [0.717, 1.165) is 12.8 Å². The van der Waals surface area contributed by atoms with Crippen LogP contribution in [0, 0.1) is 5.92 Å². The van der Waals surface area contributed by atoms with E-state index in [4.69, 9.17) is 0 Å². The number of allylic oxidation sites excluding steroid dienone is 8. The number of hydrogen-bond donors (Lipinski definition) is 0. The van der Waals surface area contributed by atoms with E-state index >= 15 is 0 Å². The van der Waals surface area contributed by atoms with Crippen LogP contribution in [0.2, 0.25) is 0 Å². The molecule has 0 aromatic rings. The zero-order valence-corrected chi connectivity index (χ0v) is 15.8. The Balaban J connectivity index is 0. The van der Waals surface area contributed by atoms with Gasteiger partial charge in [-0.2, -0.15) is 0 Å². The smallest absolute Gasteiger partial charge is 0.0151 e. The van der Waals surface area contributed by atoms with Crippen LogP contribution in [-0.4, -0.2) is 0 Å². The van der Waals surface area contributed by atoms with Crippen LogP contribution in [-0.2, 0) is 0 Å². The monoisotopic (exact) mass is 290 g/mol. The topological polar surface area (TPSA) is 0 Å². The molecule has 21 heavy (non-hydrogen) atoms. The molecule has 122 valence electrons. The second-order valence-corrected chi connectivity index (χ2v) is 5.10. The highest BCUT2D eigenvalue weighted by molar-refractivity contribution is 5.34. The molecule has 0 aliphatic heterocycles. The van der Waals surface area contributed by atoms with Crippen molar-refractivity contribution < 1.29 is 0 Å². The van der Waals surface area contributed by atoms with Crippen LogP contribution in [0.4, 0.5) is 0 Å². The van der Waals surface area contributed by atoms with Crippen LogP contribution in [0.15, 0.2) is 47.1 Å². The molecule has 0 spiro atoms. The fraction of sp³-hybridized carbons (Fsp3) is 0.619. The fourth-order valence-corrected chi connectivity index (χ4v) is 2.67. The third-order valence-electron chi connectivity index (χ3n) is 3.47. The Morgan fingerprint density at radius 1 is 1.00 bits per heavy atom. The molecular formula is C21H38. The highest BCUT2D eigenvalue weighted by atomic mass is 14.2. The number of rotatable bonds is 8. The van der Waals surface area contributed by atoms with Gasteiger partial charge in [-0.3, -0.25) is 0 Å². The van der Waals surface area contributed by atoms with Gasteiger partial charge >= 0.3 is 0 Å². The Bertz CT molecular complexity index is 350. The van der Waals surface area contributed by atoms with E-state index in [1.807, 2.05) is 13.8 Å². The first-order valence-electron chi connectivity index (χ1n) is 8.77. The molecule has 0 saturated heterocycles. The summed E-state index contributed by atoms with van der Waals surface area (Å²) in [6.07, 6.45) is 16.0. The van der Waals surface area contributed by atoms with Crippen molar-refractivity contribution in [1.82, 2.24) is 0 Å².